The van der Waals surface area contributed by atoms with Gasteiger partial charge in [0.15, 0.2) is 0 Å². The highest BCUT2D eigenvalue weighted by molar-refractivity contribution is 5.81. The highest BCUT2D eigenvalue weighted by atomic mass is 14.9. The van der Waals surface area contributed by atoms with Crippen molar-refractivity contribution in [3.8, 4) is 11.1 Å². The number of rotatable bonds is 5. The largest absolute Gasteiger partial charge is 0.356 e. The van der Waals surface area contributed by atoms with E-state index < -0.39 is 0 Å². The summed E-state index contributed by atoms with van der Waals surface area (Å²) in [6, 6.07) is 35.6. The van der Waals surface area contributed by atoms with E-state index in [9.17, 15) is 0 Å². The molecule has 0 aromatic heterocycles. The van der Waals surface area contributed by atoms with Crippen LogP contribution in [0.4, 0.5) is 22.7 Å². The molecular weight excluding hydrogens is 328 g/mol. The fourth-order valence-corrected chi connectivity index (χ4v) is 3.06. The molecule has 0 radical (unpaired) electrons. The molecule has 4 aromatic carbocycles. The smallest absolute Gasteiger partial charge is 0.0463 e. The predicted molar refractivity (Wildman–Crippen MR) is 116 cm³/mol. The summed E-state index contributed by atoms with van der Waals surface area (Å²) in [7, 11) is 0. The van der Waals surface area contributed by atoms with Crippen LogP contribution in [0.1, 0.15) is 5.56 Å². The number of nitrogens with one attached hydrogen (secondary N) is 2. The zero-order valence-electron chi connectivity index (χ0n) is 15.3. The highest BCUT2D eigenvalue weighted by Gasteiger charge is 2.04. The highest BCUT2D eigenvalue weighted by Crippen LogP contribution is 2.30. The quantitative estimate of drug-likeness (QED) is 0.399. The Morgan fingerprint density at radius 2 is 1.00 bits per heavy atom. The zero-order valence-corrected chi connectivity index (χ0v) is 15.3. The molecule has 0 saturated carbocycles. The standard InChI is InChI=1S/C25H22N2/c1-19-11-13-21(14-12-19)26-22-15-17-23(18-16-22)27-25-10-6-5-9-24(25)20-7-3-2-4-8-20/h2-18,26-27H,1H3. The van der Waals surface area contributed by atoms with Crippen LogP contribution in [0.2, 0.25) is 0 Å². The summed E-state index contributed by atoms with van der Waals surface area (Å²) in [6.07, 6.45) is 0. The van der Waals surface area contributed by atoms with E-state index in [1.54, 1.807) is 0 Å². The Morgan fingerprint density at radius 3 is 1.67 bits per heavy atom. The number of hydrogen-bond donors (Lipinski definition) is 2. The van der Waals surface area contributed by atoms with Crippen molar-refractivity contribution in [3.05, 3.63) is 109 Å². The lowest BCUT2D eigenvalue weighted by atomic mass is 10.0. The van der Waals surface area contributed by atoms with Gasteiger partial charge in [0, 0.05) is 28.3 Å². The number of aryl methyl sites for hydroxylation is 1. The first-order chi connectivity index (χ1) is 13.3. The van der Waals surface area contributed by atoms with Gasteiger partial charge in [0.05, 0.1) is 0 Å². The van der Waals surface area contributed by atoms with Crippen LogP contribution in [0.3, 0.4) is 0 Å². The summed E-state index contributed by atoms with van der Waals surface area (Å²) in [5.41, 5.74) is 7.99. The van der Waals surface area contributed by atoms with Crippen LogP contribution in [0.25, 0.3) is 11.1 Å². The Morgan fingerprint density at radius 1 is 0.481 bits per heavy atom. The molecule has 27 heavy (non-hydrogen) atoms. The number of benzene rings is 4. The van der Waals surface area contributed by atoms with E-state index in [0.717, 1.165) is 22.7 Å². The van der Waals surface area contributed by atoms with Gasteiger partial charge in [-0.05, 0) is 55.0 Å². The first-order valence-electron chi connectivity index (χ1n) is 9.13. The summed E-state index contributed by atoms with van der Waals surface area (Å²) in [5.74, 6) is 0. The van der Waals surface area contributed by atoms with Crippen molar-refractivity contribution < 1.29 is 0 Å². The van der Waals surface area contributed by atoms with Gasteiger partial charge in [-0.1, -0.05) is 66.2 Å². The second kappa shape index (κ2) is 7.79. The molecule has 2 nitrogen and oxygen atoms in total. The average molecular weight is 350 g/mol. The van der Waals surface area contributed by atoms with Crippen molar-refractivity contribution in [2.24, 2.45) is 0 Å². The van der Waals surface area contributed by atoms with Gasteiger partial charge in [-0.2, -0.15) is 0 Å². The van der Waals surface area contributed by atoms with Crippen LogP contribution in [-0.4, -0.2) is 0 Å². The van der Waals surface area contributed by atoms with Crippen molar-refractivity contribution in [1.29, 1.82) is 0 Å². The molecule has 0 unspecified atom stereocenters. The molecule has 4 aromatic rings. The SMILES string of the molecule is Cc1ccc(Nc2ccc(Nc3ccccc3-c3ccccc3)cc2)cc1. The number of hydrogen-bond acceptors (Lipinski definition) is 2. The van der Waals surface area contributed by atoms with E-state index >= 15 is 0 Å². The summed E-state index contributed by atoms with van der Waals surface area (Å²) in [4.78, 5) is 0. The minimum atomic E-state index is 1.06. The first-order valence-corrected chi connectivity index (χ1v) is 9.13. The first kappa shape index (κ1) is 16.9. The molecule has 0 amide bonds. The van der Waals surface area contributed by atoms with E-state index in [1.807, 2.05) is 6.07 Å². The maximum atomic E-state index is 3.54. The second-order valence-electron chi connectivity index (χ2n) is 6.60. The maximum absolute atomic E-state index is 3.54. The summed E-state index contributed by atoms with van der Waals surface area (Å²) in [5, 5.41) is 6.97. The molecule has 0 saturated heterocycles. The molecular formula is C25H22N2. The van der Waals surface area contributed by atoms with Crippen LogP contribution in [0, 0.1) is 6.92 Å². The van der Waals surface area contributed by atoms with Gasteiger partial charge in [-0.3, -0.25) is 0 Å². The van der Waals surface area contributed by atoms with Gasteiger partial charge in [-0.15, -0.1) is 0 Å². The summed E-state index contributed by atoms with van der Waals surface area (Å²) >= 11 is 0. The summed E-state index contributed by atoms with van der Waals surface area (Å²) in [6.45, 7) is 2.09. The molecule has 2 heteroatoms. The molecule has 0 atom stereocenters. The van der Waals surface area contributed by atoms with Gasteiger partial charge in [-0.25, -0.2) is 0 Å². The van der Waals surface area contributed by atoms with Crippen LogP contribution in [-0.2, 0) is 0 Å². The molecule has 2 N–H and O–H groups in total. The topological polar surface area (TPSA) is 24.1 Å². The Kier molecular flexibility index (Phi) is 4.88. The van der Waals surface area contributed by atoms with Gasteiger partial charge >= 0.3 is 0 Å². The third-order valence-electron chi connectivity index (χ3n) is 4.52. The Labute approximate surface area is 160 Å². The van der Waals surface area contributed by atoms with E-state index in [-0.39, 0.29) is 0 Å². The minimum absolute atomic E-state index is 1.06. The third kappa shape index (κ3) is 4.18. The van der Waals surface area contributed by atoms with E-state index in [0.29, 0.717) is 0 Å². The fourth-order valence-electron chi connectivity index (χ4n) is 3.06. The molecule has 0 aliphatic rings. The van der Waals surface area contributed by atoms with Crippen molar-refractivity contribution >= 4 is 22.7 Å². The van der Waals surface area contributed by atoms with Crippen molar-refractivity contribution in [3.63, 3.8) is 0 Å². The molecule has 0 aliphatic heterocycles. The van der Waals surface area contributed by atoms with E-state index in [1.165, 1.54) is 16.7 Å². The zero-order chi connectivity index (χ0) is 18.5. The number of anilines is 4. The van der Waals surface area contributed by atoms with Crippen molar-refractivity contribution in [2.45, 2.75) is 6.92 Å². The molecule has 4 rings (SSSR count). The molecule has 0 heterocycles. The lowest BCUT2D eigenvalue weighted by Gasteiger charge is -2.13. The third-order valence-corrected chi connectivity index (χ3v) is 4.52. The lowest BCUT2D eigenvalue weighted by molar-refractivity contribution is 1.45. The van der Waals surface area contributed by atoms with Crippen LogP contribution < -0.4 is 10.6 Å². The van der Waals surface area contributed by atoms with Gasteiger partial charge < -0.3 is 10.6 Å². The van der Waals surface area contributed by atoms with Crippen molar-refractivity contribution in [1.82, 2.24) is 0 Å². The van der Waals surface area contributed by atoms with E-state index in [2.05, 4.69) is 115 Å². The Bertz CT molecular complexity index is 1000. The average Bonchev–Trinajstić information content (AvgIpc) is 2.72. The minimum Gasteiger partial charge on any atom is -0.356 e. The monoisotopic (exact) mass is 350 g/mol. The Balaban J connectivity index is 1.52. The van der Waals surface area contributed by atoms with Gasteiger partial charge in [0.25, 0.3) is 0 Å². The van der Waals surface area contributed by atoms with Crippen LogP contribution >= 0.6 is 0 Å². The summed E-state index contributed by atoms with van der Waals surface area (Å²) < 4.78 is 0. The van der Waals surface area contributed by atoms with Crippen LogP contribution in [0.5, 0.6) is 0 Å². The molecule has 0 spiro atoms. The lowest BCUT2D eigenvalue weighted by Crippen LogP contribution is -1.94. The molecule has 132 valence electrons. The molecule has 0 fully saturated rings. The van der Waals surface area contributed by atoms with Crippen LogP contribution in [0.15, 0.2) is 103 Å². The molecule has 0 aliphatic carbocycles. The Hall–Kier alpha value is -3.52. The maximum Gasteiger partial charge on any atom is 0.0463 e. The number of para-hydroxylation sites is 1. The van der Waals surface area contributed by atoms with Gasteiger partial charge in [0.2, 0.25) is 0 Å². The second-order valence-corrected chi connectivity index (χ2v) is 6.60. The fraction of sp³-hybridized carbons (Fsp3) is 0.0400. The predicted octanol–water partition coefficient (Wildman–Crippen LogP) is 7.15. The van der Waals surface area contributed by atoms with Crippen molar-refractivity contribution in [2.75, 3.05) is 10.6 Å². The van der Waals surface area contributed by atoms with E-state index in [4.69, 9.17) is 0 Å². The molecule has 0 bridgehead atoms. The normalized spacial score (nSPS) is 10.4. The van der Waals surface area contributed by atoms with Gasteiger partial charge in [0.1, 0.15) is 0 Å².